The van der Waals surface area contributed by atoms with Crippen molar-refractivity contribution < 1.29 is 9.59 Å². The molecule has 3 rings (SSSR count). The molecule has 6 nitrogen and oxygen atoms in total. The lowest BCUT2D eigenvalue weighted by Gasteiger charge is -2.28. The van der Waals surface area contributed by atoms with E-state index in [1.807, 2.05) is 24.3 Å². The summed E-state index contributed by atoms with van der Waals surface area (Å²) in [5.41, 5.74) is 2.37. The number of hydrogen-bond acceptors (Lipinski definition) is 4. The molecule has 1 aliphatic rings. The fraction of sp³-hybridized carbons (Fsp3) is 0.435. The third-order valence-corrected chi connectivity index (χ3v) is 5.07. The third kappa shape index (κ3) is 6.04. The topological polar surface area (TPSA) is 74.3 Å². The second-order valence-electron chi connectivity index (χ2n) is 7.90. The summed E-state index contributed by atoms with van der Waals surface area (Å²) in [6.45, 7) is 6.98. The van der Waals surface area contributed by atoms with Gasteiger partial charge in [-0.25, -0.2) is 4.98 Å². The molecule has 0 atom stereocenters. The van der Waals surface area contributed by atoms with Crippen molar-refractivity contribution >= 4 is 23.2 Å². The lowest BCUT2D eigenvalue weighted by atomic mass is 10.1. The van der Waals surface area contributed by atoms with Crippen LogP contribution < -0.4 is 15.5 Å². The first-order chi connectivity index (χ1) is 14.0. The molecule has 154 valence electrons. The monoisotopic (exact) mass is 394 g/mol. The molecule has 0 aliphatic carbocycles. The van der Waals surface area contributed by atoms with Crippen LogP contribution in [0.1, 0.15) is 60.5 Å². The summed E-state index contributed by atoms with van der Waals surface area (Å²) in [7, 11) is 0. The SMILES string of the molecule is CC(C)CCNC(=O)c1cccc(C(=O)Nc2ccc(N3CCCCC3)cc2)n1. The van der Waals surface area contributed by atoms with Gasteiger partial charge in [0, 0.05) is 31.0 Å². The Morgan fingerprint density at radius 2 is 1.62 bits per heavy atom. The van der Waals surface area contributed by atoms with Gasteiger partial charge in [0.2, 0.25) is 0 Å². The van der Waals surface area contributed by atoms with Gasteiger partial charge in [-0.05, 0) is 68.0 Å². The second-order valence-corrected chi connectivity index (χ2v) is 7.90. The molecule has 0 radical (unpaired) electrons. The highest BCUT2D eigenvalue weighted by Crippen LogP contribution is 2.22. The summed E-state index contributed by atoms with van der Waals surface area (Å²) < 4.78 is 0. The second kappa shape index (κ2) is 10.0. The number of amides is 2. The van der Waals surface area contributed by atoms with E-state index in [0.29, 0.717) is 18.2 Å². The molecule has 1 aromatic heterocycles. The summed E-state index contributed by atoms with van der Waals surface area (Å²) in [5, 5.41) is 5.71. The van der Waals surface area contributed by atoms with Crippen LogP contribution in [0, 0.1) is 5.92 Å². The molecule has 2 heterocycles. The zero-order chi connectivity index (χ0) is 20.6. The summed E-state index contributed by atoms with van der Waals surface area (Å²) in [5.74, 6) is -0.0691. The highest BCUT2D eigenvalue weighted by atomic mass is 16.2. The number of nitrogens with one attached hydrogen (secondary N) is 2. The smallest absolute Gasteiger partial charge is 0.274 e. The quantitative estimate of drug-likeness (QED) is 0.741. The predicted molar refractivity (Wildman–Crippen MR) is 116 cm³/mol. The molecular formula is C23H30N4O2. The predicted octanol–water partition coefficient (Wildman–Crippen LogP) is 4.10. The zero-order valence-corrected chi connectivity index (χ0v) is 17.3. The molecule has 0 bridgehead atoms. The molecule has 29 heavy (non-hydrogen) atoms. The van der Waals surface area contributed by atoms with Gasteiger partial charge < -0.3 is 15.5 Å². The third-order valence-electron chi connectivity index (χ3n) is 5.07. The van der Waals surface area contributed by atoms with Crippen molar-refractivity contribution in [1.82, 2.24) is 10.3 Å². The Hall–Kier alpha value is -2.89. The number of benzene rings is 1. The Kier molecular flexibility index (Phi) is 7.22. The molecule has 1 aliphatic heterocycles. The number of carbonyl (C=O) groups is 2. The van der Waals surface area contributed by atoms with E-state index in [1.54, 1.807) is 18.2 Å². The minimum absolute atomic E-state index is 0.224. The van der Waals surface area contributed by atoms with Crippen LogP contribution in [0.2, 0.25) is 0 Å². The molecule has 6 heteroatoms. The van der Waals surface area contributed by atoms with Crippen molar-refractivity contribution in [2.45, 2.75) is 39.5 Å². The molecule has 1 fully saturated rings. The highest BCUT2D eigenvalue weighted by Gasteiger charge is 2.14. The lowest BCUT2D eigenvalue weighted by Crippen LogP contribution is -2.29. The normalized spacial score (nSPS) is 14.0. The molecule has 2 N–H and O–H groups in total. The van der Waals surface area contributed by atoms with Crippen LogP contribution in [-0.4, -0.2) is 36.4 Å². The fourth-order valence-electron chi connectivity index (χ4n) is 3.36. The van der Waals surface area contributed by atoms with Crippen LogP contribution in [0.5, 0.6) is 0 Å². The van der Waals surface area contributed by atoms with Gasteiger partial charge in [0.15, 0.2) is 0 Å². The van der Waals surface area contributed by atoms with E-state index in [9.17, 15) is 9.59 Å². The number of pyridine rings is 1. The number of aromatic nitrogens is 1. The van der Waals surface area contributed by atoms with Gasteiger partial charge in [0.25, 0.3) is 11.8 Å². The standard InChI is InChI=1S/C23H30N4O2/c1-17(2)13-14-24-22(28)20-7-6-8-21(26-20)23(29)25-18-9-11-19(12-10-18)27-15-4-3-5-16-27/h6-12,17H,3-5,13-16H2,1-2H3,(H,24,28)(H,25,29). The maximum atomic E-state index is 12.6. The summed E-state index contributed by atoms with van der Waals surface area (Å²) >= 11 is 0. The van der Waals surface area contributed by atoms with Crippen molar-refractivity contribution in [2.75, 3.05) is 29.9 Å². The Balaban J connectivity index is 1.59. The Morgan fingerprint density at radius 1 is 0.966 bits per heavy atom. The average Bonchev–Trinajstić information content (AvgIpc) is 2.74. The van der Waals surface area contributed by atoms with E-state index in [-0.39, 0.29) is 23.2 Å². The average molecular weight is 395 g/mol. The molecule has 0 saturated carbocycles. The zero-order valence-electron chi connectivity index (χ0n) is 17.3. The summed E-state index contributed by atoms with van der Waals surface area (Å²) in [6.07, 6.45) is 4.66. The van der Waals surface area contributed by atoms with E-state index in [0.717, 1.165) is 19.5 Å². The minimum Gasteiger partial charge on any atom is -0.372 e. The first-order valence-electron chi connectivity index (χ1n) is 10.4. The Morgan fingerprint density at radius 3 is 2.28 bits per heavy atom. The number of rotatable bonds is 7. The van der Waals surface area contributed by atoms with Crippen LogP contribution in [-0.2, 0) is 0 Å². The first-order valence-corrected chi connectivity index (χ1v) is 10.4. The minimum atomic E-state index is -0.326. The molecule has 1 aromatic carbocycles. The van der Waals surface area contributed by atoms with Gasteiger partial charge in [-0.2, -0.15) is 0 Å². The van der Waals surface area contributed by atoms with Crippen LogP contribution >= 0.6 is 0 Å². The van der Waals surface area contributed by atoms with Crippen molar-refractivity contribution in [3.8, 4) is 0 Å². The number of carbonyl (C=O) groups excluding carboxylic acids is 2. The van der Waals surface area contributed by atoms with E-state index >= 15 is 0 Å². The molecule has 0 unspecified atom stereocenters. The maximum absolute atomic E-state index is 12.6. The van der Waals surface area contributed by atoms with Crippen LogP contribution in [0.25, 0.3) is 0 Å². The number of nitrogens with zero attached hydrogens (tertiary/aromatic N) is 2. The van der Waals surface area contributed by atoms with Gasteiger partial charge in [-0.15, -0.1) is 0 Å². The van der Waals surface area contributed by atoms with Gasteiger partial charge >= 0.3 is 0 Å². The van der Waals surface area contributed by atoms with E-state index in [2.05, 4.69) is 34.4 Å². The van der Waals surface area contributed by atoms with Gasteiger partial charge in [-0.3, -0.25) is 9.59 Å². The number of hydrogen-bond donors (Lipinski definition) is 2. The first kappa shape index (κ1) is 20.8. The molecular weight excluding hydrogens is 364 g/mol. The van der Waals surface area contributed by atoms with E-state index in [4.69, 9.17) is 0 Å². The molecule has 1 saturated heterocycles. The van der Waals surface area contributed by atoms with Crippen molar-refractivity contribution in [3.05, 3.63) is 53.9 Å². The summed E-state index contributed by atoms with van der Waals surface area (Å²) in [4.78, 5) is 31.4. The Labute approximate surface area is 172 Å². The fourth-order valence-corrected chi connectivity index (χ4v) is 3.36. The van der Waals surface area contributed by atoms with E-state index < -0.39 is 0 Å². The van der Waals surface area contributed by atoms with Crippen molar-refractivity contribution in [3.63, 3.8) is 0 Å². The van der Waals surface area contributed by atoms with Crippen molar-refractivity contribution in [2.24, 2.45) is 5.92 Å². The molecule has 2 aromatic rings. The van der Waals surface area contributed by atoms with Crippen molar-refractivity contribution in [1.29, 1.82) is 0 Å². The van der Waals surface area contributed by atoms with Crippen LogP contribution in [0.15, 0.2) is 42.5 Å². The largest absolute Gasteiger partial charge is 0.372 e. The Bertz CT molecular complexity index is 827. The van der Waals surface area contributed by atoms with Gasteiger partial charge in [-0.1, -0.05) is 19.9 Å². The van der Waals surface area contributed by atoms with Crippen LogP contribution in [0.4, 0.5) is 11.4 Å². The van der Waals surface area contributed by atoms with Gasteiger partial charge in [0.1, 0.15) is 11.4 Å². The molecule has 0 spiro atoms. The number of anilines is 2. The van der Waals surface area contributed by atoms with Gasteiger partial charge in [0.05, 0.1) is 0 Å². The lowest BCUT2D eigenvalue weighted by molar-refractivity contribution is 0.0947. The van der Waals surface area contributed by atoms with Crippen LogP contribution in [0.3, 0.4) is 0 Å². The molecule has 2 amide bonds. The maximum Gasteiger partial charge on any atom is 0.274 e. The number of piperidine rings is 1. The summed E-state index contributed by atoms with van der Waals surface area (Å²) in [6, 6.07) is 12.8. The van der Waals surface area contributed by atoms with E-state index in [1.165, 1.54) is 24.9 Å². The highest BCUT2D eigenvalue weighted by molar-refractivity contribution is 6.03.